The van der Waals surface area contributed by atoms with Crippen LogP contribution in [0.4, 0.5) is 10.1 Å². The van der Waals surface area contributed by atoms with Gasteiger partial charge < -0.3 is 25.3 Å². The smallest absolute Gasteiger partial charge is 0.227 e. The minimum absolute atomic E-state index is 0. The maximum absolute atomic E-state index is 13.3. The molecule has 1 aromatic rings. The van der Waals surface area contributed by atoms with E-state index >= 15 is 0 Å². The molecule has 6 nitrogen and oxygen atoms in total. The lowest BCUT2D eigenvalue weighted by atomic mass is 10.2. The Balaban J connectivity index is 0.00000441. The van der Waals surface area contributed by atoms with Crippen LogP contribution in [-0.4, -0.2) is 46.0 Å². The van der Waals surface area contributed by atoms with Crippen LogP contribution in [-0.2, 0) is 14.3 Å². The van der Waals surface area contributed by atoms with Crippen LogP contribution in [0.3, 0.4) is 0 Å². The van der Waals surface area contributed by atoms with Crippen LogP contribution in [0.15, 0.2) is 18.2 Å². The zero-order chi connectivity index (χ0) is 15.7. The van der Waals surface area contributed by atoms with Crippen molar-refractivity contribution in [3.63, 3.8) is 0 Å². The fraction of sp³-hybridized carbons (Fsp3) is 0.500. The Hall–Kier alpha value is -1.41. The number of rotatable bonds is 9. The third kappa shape index (κ3) is 7.04. The molecule has 0 aromatic heterocycles. The quantitative estimate of drug-likeness (QED) is 0.669. The zero-order valence-corrected chi connectivity index (χ0v) is 13.5. The molecule has 3 N–H and O–H groups in total. The first-order chi connectivity index (χ1) is 10.1. The molecule has 1 atom stereocenters. The van der Waals surface area contributed by atoms with E-state index in [4.69, 9.17) is 19.9 Å². The molecule has 0 bridgehead atoms. The SMILES string of the molecule is COCCOc1ccc(F)cc1NC(=O)CC(CN)OC.Cl. The molecule has 1 rings (SSSR count). The molecule has 1 unspecified atom stereocenters. The molecule has 126 valence electrons. The van der Waals surface area contributed by atoms with E-state index in [1.807, 2.05) is 0 Å². The average Bonchev–Trinajstić information content (AvgIpc) is 2.47. The second-order valence-electron chi connectivity index (χ2n) is 4.33. The summed E-state index contributed by atoms with van der Waals surface area (Å²) in [6.45, 7) is 0.919. The van der Waals surface area contributed by atoms with Gasteiger partial charge in [-0.1, -0.05) is 0 Å². The van der Waals surface area contributed by atoms with Crippen molar-refractivity contribution in [3.05, 3.63) is 24.0 Å². The van der Waals surface area contributed by atoms with Gasteiger partial charge >= 0.3 is 0 Å². The Morgan fingerprint density at radius 3 is 2.68 bits per heavy atom. The Labute approximate surface area is 135 Å². The zero-order valence-electron chi connectivity index (χ0n) is 12.6. The van der Waals surface area contributed by atoms with Gasteiger partial charge in [-0.2, -0.15) is 0 Å². The molecule has 0 saturated heterocycles. The summed E-state index contributed by atoms with van der Waals surface area (Å²) in [4.78, 5) is 11.9. The number of carbonyl (C=O) groups is 1. The summed E-state index contributed by atoms with van der Waals surface area (Å²) < 4.78 is 28.6. The molecule has 22 heavy (non-hydrogen) atoms. The summed E-state index contributed by atoms with van der Waals surface area (Å²) in [5.74, 6) is -0.412. The molecule has 0 aliphatic heterocycles. The monoisotopic (exact) mass is 336 g/mol. The number of amides is 1. The normalized spacial score (nSPS) is 11.5. The summed E-state index contributed by atoms with van der Waals surface area (Å²) >= 11 is 0. The van der Waals surface area contributed by atoms with Crippen LogP contribution < -0.4 is 15.8 Å². The van der Waals surface area contributed by atoms with Crippen molar-refractivity contribution in [2.45, 2.75) is 12.5 Å². The fourth-order valence-electron chi connectivity index (χ4n) is 1.63. The van der Waals surface area contributed by atoms with Crippen LogP contribution in [0.2, 0.25) is 0 Å². The van der Waals surface area contributed by atoms with E-state index in [1.165, 1.54) is 25.3 Å². The van der Waals surface area contributed by atoms with Gasteiger partial charge in [0.05, 0.1) is 24.8 Å². The molecule has 8 heteroatoms. The standard InChI is InChI=1S/C14H21FN2O4.ClH/c1-19-5-6-21-13-4-3-10(15)7-12(13)17-14(18)8-11(9-16)20-2;/h3-4,7,11H,5-6,8-9,16H2,1-2H3,(H,17,18);1H. The van der Waals surface area contributed by atoms with Gasteiger partial charge in [0.25, 0.3) is 0 Å². The van der Waals surface area contributed by atoms with Crippen molar-refractivity contribution in [1.82, 2.24) is 0 Å². The number of hydrogen-bond donors (Lipinski definition) is 2. The van der Waals surface area contributed by atoms with Gasteiger partial charge in [-0.05, 0) is 12.1 Å². The topological polar surface area (TPSA) is 82.8 Å². The number of benzene rings is 1. The highest BCUT2D eigenvalue weighted by Crippen LogP contribution is 2.25. The van der Waals surface area contributed by atoms with Crippen LogP contribution in [0.25, 0.3) is 0 Å². The molecular formula is C14H22ClFN2O4. The van der Waals surface area contributed by atoms with Crippen molar-refractivity contribution in [1.29, 1.82) is 0 Å². The van der Waals surface area contributed by atoms with Gasteiger partial charge in [0.1, 0.15) is 18.2 Å². The molecule has 0 fully saturated rings. The number of nitrogens with two attached hydrogens (primary N) is 1. The number of ether oxygens (including phenoxy) is 3. The summed E-state index contributed by atoms with van der Waals surface area (Å²) in [5, 5.41) is 2.60. The lowest BCUT2D eigenvalue weighted by Gasteiger charge is -2.15. The molecule has 1 aromatic carbocycles. The van der Waals surface area contributed by atoms with Gasteiger partial charge in [-0.25, -0.2) is 4.39 Å². The molecule has 0 radical (unpaired) electrons. The predicted octanol–water partition coefficient (Wildman–Crippen LogP) is 1.57. The second kappa shape index (κ2) is 11.2. The van der Waals surface area contributed by atoms with Gasteiger partial charge in [0.15, 0.2) is 0 Å². The van der Waals surface area contributed by atoms with Gasteiger partial charge in [0.2, 0.25) is 5.91 Å². The van der Waals surface area contributed by atoms with E-state index < -0.39 is 5.82 Å². The fourth-order valence-corrected chi connectivity index (χ4v) is 1.63. The molecule has 0 saturated carbocycles. The Bertz CT molecular complexity index is 458. The Morgan fingerprint density at radius 2 is 2.09 bits per heavy atom. The third-order valence-electron chi connectivity index (χ3n) is 2.77. The minimum atomic E-state index is -0.466. The van der Waals surface area contributed by atoms with E-state index in [1.54, 1.807) is 7.11 Å². The summed E-state index contributed by atoms with van der Waals surface area (Å²) in [5.41, 5.74) is 5.72. The number of halogens is 2. The van der Waals surface area contributed by atoms with Crippen molar-refractivity contribution in [2.24, 2.45) is 5.73 Å². The largest absolute Gasteiger partial charge is 0.489 e. The van der Waals surface area contributed by atoms with Gasteiger partial charge in [-0.15, -0.1) is 12.4 Å². The van der Waals surface area contributed by atoms with E-state index in [-0.39, 0.29) is 43.1 Å². The Morgan fingerprint density at radius 1 is 1.36 bits per heavy atom. The first kappa shape index (κ1) is 20.6. The van der Waals surface area contributed by atoms with Crippen molar-refractivity contribution in [3.8, 4) is 5.75 Å². The number of carbonyl (C=O) groups excluding carboxylic acids is 1. The summed E-state index contributed by atoms with van der Waals surface area (Å²) in [6, 6.07) is 3.91. The van der Waals surface area contributed by atoms with Crippen LogP contribution in [0.1, 0.15) is 6.42 Å². The van der Waals surface area contributed by atoms with E-state index in [2.05, 4.69) is 5.32 Å². The first-order valence-electron chi connectivity index (χ1n) is 6.54. The summed E-state index contributed by atoms with van der Waals surface area (Å²) in [7, 11) is 3.03. The number of hydrogen-bond acceptors (Lipinski definition) is 5. The van der Waals surface area contributed by atoms with Crippen molar-refractivity contribution >= 4 is 24.0 Å². The molecule has 1 amide bonds. The number of anilines is 1. The van der Waals surface area contributed by atoms with Crippen LogP contribution in [0, 0.1) is 5.82 Å². The maximum atomic E-state index is 13.3. The molecular weight excluding hydrogens is 315 g/mol. The van der Waals surface area contributed by atoms with Crippen LogP contribution in [0.5, 0.6) is 5.75 Å². The van der Waals surface area contributed by atoms with Crippen molar-refractivity contribution < 1.29 is 23.4 Å². The minimum Gasteiger partial charge on any atom is -0.489 e. The van der Waals surface area contributed by atoms with E-state index in [0.717, 1.165) is 0 Å². The molecule has 0 aliphatic carbocycles. The average molecular weight is 337 g/mol. The highest BCUT2D eigenvalue weighted by atomic mass is 35.5. The van der Waals surface area contributed by atoms with Gasteiger partial charge in [-0.3, -0.25) is 4.79 Å². The van der Waals surface area contributed by atoms with Crippen molar-refractivity contribution in [2.75, 3.05) is 39.3 Å². The number of methoxy groups -OCH3 is 2. The second-order valence-corrected chi connectivity index (χ2v) is 4.33. The van der Waals surface area contributed by atoms with E-state index in [0.29, 0.717) is 19.0 Å². The lowest BCUT2D eigenvalue weighted by Crippen LogP contribution is -2.28. The summed E-state index contributed by atoms with van der Waals surface area (Å²) in [6.07, 6.45) is -0.294. The van der Waals surface area contributed by atoms with Crippen LogP contribution >= 0.6 is 12.4 Å². The molecule has 0 spiro atoms. The third-order valence-corrected chi connectivity index (χ3v) is 2.77. The Kier molecular flexibility index (Phi) is 10.5. The number of nitrogens with one attached hydrogen (secondary N) is 1. The van der Waals surface area contributed by atoms with E-state index in [9.17, 15) is 9.18 Å². The first-order valence-corrected chi connectivity index (χ1v) is 6.54. The highest BCUT2D eigenvalue weighted by Gasteiger charge is 2.14. The maximum Gasteiger partial charge on any atom is 0.227 e. The molecule has 0 heterocycles. The molecule has 0 aliphatic rings. The predicted molar refractivity (Wildman–Crippen MR) is 84.1 cm³/mol. The highest BCUT2D eigenvalue weighted by molar-refractivity contribution is 5.92. The van der Waals surface area contributed by atoms with Gasteiger partial charge in [0, 0.05) is 26.8 Å². The lowest BCUT2D eigenvalue weighted by molar-refractivity contribution is -0.118.